The van der Waals surface area contributed by atoms with E-state index in [2.05, 4.69) is 4.76 Å². The molecular formula is C24H45N3O11P+. The third kappa shape index (κ3) is 12.1. The van der Waals surface area contributed by atoms with E-state index < -0.39 is 43.3 Å². The Morgan fingerprint density at radius 2 is 1.36 bits per heavy atom. The fraction of sp³-hybridized carbons (Fsp3) is 0.833. The van der Waals surface area contributed by atoms with Crippen LogP contribution in [0, 0.1) is 0 Å². The van der Waals surface area contributed by atoms with Crippen molar-refractivity contribution in [2.75, 3.05) is 20.3 Å². The Morgan fingerprint density at radius 1 is 0.897 bits per heavy atom. The predicted molar refractivity (Wildman–Crippen MR) is 140 cm³/mol. The van der Waals surface area contributed by atoms with Crippen LogP contribution < -0.4 is 5.73 Å². The molecule has 1 aliphatic rings. The maximum Gasteiger partial charge on any atom is 0.510 e. The first-order valence-corrected chi connectivity index (χ1v) is 15.0. The number of nitrogens with zero attached hydrogens (tertiary/aromatic N) is 2. The maximum atomic E-state index is 14.0. The molecular weight excluding hydrogens is 537 g/mol. The van der Waals surface area contributed by atoms with Gasteiger partial charge in [0.1, 0.15) is 13.1 Å². The van der Waals surface area contributed by atoms with Crippen LogP contribution in [0.25, 0.3) is 0 Å². The zero-order valence-electron chi connectivity index (χ0n) is 23.9. The minimum Gasteiger partial charge on any atom is -0.434 e. The summed E-state index contributed by atoms with van der Waals surface area (Å²) in [7, 11) is -3.15. The predicted octanol–water partition coefficient (Wildman–Crippen LogP) is 5.30. The molecule has 0 aromatic heterocycles. The zero-order valence-corrected chi connectivity index (χ0v) is 24.8. The molecule has 1 fully saturated rings. The summed E-state index contributed by atoms with van der Waals surface area (Å²) >= 11 is 0. The van der Waals surface area contributed by atoms with Crippen molar-refractivity contribution in [1.29, 1.82) is 0 Å². The van der Waals surface area contributed by atoms with E-state index in [1.165, 1.54) is 14.0 Å². The molecule has 15 heteroatoms. The van der Waals surface area contributed by atoms with Crippen LogP contribution in [0.1, 0.15) is 92.4 Å². The van der Waals surface area contributed by atoms with Crippen molar-refractivity contribution in [3.05, 3.63) is 0 Å². The molecule has 2 N–H and O–H groups in total. The van der Waals surface area contributed by atoms with Crippen LogP contribution in [0.15, 0.2) is 4.76 Å². The Balaban J connectivity index is 3.39. The lowest BCUT2D eigenvalue weighted by Gasteiger charge is -2.37. The van der Waals surface area contributed by atoms with E-state index in [0.29, 0.717) is 25.7 Å². The van der Waals surface area contributed by atoms with Crippen molar-refractivity contribution >= 4 is 32.0 Å². The Kier molecular flexibility index (Phi) is 15.4. The Labute approximate surface area is 230 Å². The van der Waals surface area contributed by atoms with Crippen molar-refractivity contribution in [3.63, 3.8) is 0 Å². The Hall–Kier alpha value is -2.41. The van der Waals surface area contributed by atoms with Gasteiger partial charge in [0, 0.05) is 32.6 Å². The van der Waals surface area contributed by atoms with Gasteiger partial charge in [0.15, 0.2) is 0 Å². The molecule has 1 rings (SSSR count). The summed E-state index contributed by atoms with van der Waals surface area (Å²) < 4.78 is 48.7. The standard InChI is InChI=1S/C24H45N3O11P/c1-7-16-32-23(29)34-20(9-3)37-39(31,38-21(10-4)35-24(30)33-17-8-2)26-22(25)27(6,36-18(5)28)19-14-12-11-13-15-19/h19-21H,7-17H2,1-6H3,(H2,25,26,31)/q+1. The highest BCUT2D eigenvalue weighted by atomic mass is 31.2. The molecule has 39 heavy (non-hydrogen) atoms. The first-order chi connectivity index (χ1) is 18.4. The highest BCUT2D eigenvalue weighted by Crippen LogP contribution is 2.53. The quantitative estimate of drug-likeness (QED) is 0.0534. The molecule has 3 atom stereocenters. The Morgan fingerprint density at radius 3 is 1.74 bits per heavy atom. The minimum absolute atomic E-state index is 0.0406. The second-order valence-corrected chi connectivity index (χ2v) is 10.7. The molecule has 0 aliphatic heterocycles. The van der Waals surface area contributed by atoms with E-state index in [4.69, 9.17) is 38.6 Å². The summed E-state index contributed by atoms with van der Waals surface area (Å²) in [6, 6.07) is -0.260. The lowest BCUT2D eigenvalue weighted by atomic mass is 9.94. The van der Waals surface area contributed by atoms with E-state index in [9.17, 15) is 18.9 Å². The zero-order chi connectivity index (χ0) is 29.5. The first kappa shape index (κ1) is 34.6. The lowest BCUT2D eigenvalue weighted by molar-refractivity contribution is -1.02. The van der Waals surface area contributed by atoms with Gasteiger partial charge in [-0.05, 0) is 25.7 Å². The van der Waals surface area contributed by atoms with Crippen LogP contribution in [-0.4, -0.2) is 67.8 Å². The van der Waals surface area contributed by atoms with Gasteiger partial charge < -0.3 is 24.7 Å². The molecule has 3 unspecified atom stereocenters. The molecule has 0 bridgehead atoms. The van der Waals surface area contributed by atoms with Crippen molar-refractivity contribution in [2.24, 2.45) is 10.5 Å². The van der Waals surface area contributed by atoms with Gasteiger partial charge in [0.05, 0.1) is 13.2 Å². The SMILES string of the molecule is CCCOC(=O)OC(CC)OP(=O)(N=C(N)[N+](C)(OC(C)=O)C1CCCCC1)OC(CC)OC(=O)OCCC. The molecule has 0 spiro atoms. The fourth-order valence-electron chi connectivity index (χ4n) is 3.74. The van der Waals surface area contributed by atoms with Gasteiger partial charge in [-0.1, -0.05) is 38.8 Å². The molecule has 14 nitrogen and oxygen atoms in total. The molecule has 1 saturated carbocycles. The van der Waals surface area contributed by atoms with Gasteiger partial charge in [-0.15, -0.1) is 4.76 Å². The topological polar surface area (TPSA) is 171 Å². The van der Waals surface area contributed by atoms with E-state index in [-0.39, 0.29) is 38.1 Å². The van der Waals surface area contributed by atoms with Gasteiger partial charge in [0.25, 0.3) is 0 Å². The van der Waals surface area contributed by atoms with Gasteiger partial charge in [-0.2, -0.15) is 0 Å². The van der Waals surface area contributed by atoms with E-state index >= 15 is 0 Å². The van der Waals surface area contributed by atoms with Gasteiger partial charge in [-0.3, -0.25) is 4.84 Å². The smallest absolute Gasteiger partial charge is 0.434 e. The van der Waals surface area contributed by atoms with E-state index in [1.807, 2.05) is 13.8 Å². The largest absolute Gasteiger partial charge is 0.510 e. The summed E-state index contributed by atoms with van der Waals surface area (Å²) in [5, 5.41) is 0. The maximum absolute atomic E-state index is 14.0. The number of hydrogen-bond donors (Lipinski definition) is 1. The van der Waals surface area contributed by atoms with Crippen LogP contribution >= 0.6 is 7.75 Å². The average molecular weight is 583 g/mol. The number of quaternary nitrogens is 1. The molecule has 0 heterocycles. The third-order valence-corrected chi connectivity index (χ3v) is 7.19. The highest BCUT2D eigenvalue weighted by molar-refractivity contribution is 7.52. The van der Waals surface area contributed by atoms with E-state index in [1.54, 1.807) is 13.8 Å². The summed E-state index contributed by atoms with van der Waals surface area (Å²) in [6.07, 6.45) is 0.446. The van der Waals surface area contributed by atoms with Gasteiger partial charge in [0.2, 0.25) is 12.6 Å². The first-order valence-electron chi connectivity index (χ1n) is 13.5. The van der Waals surface area contributed by atoms with Crippen molar-refractivity contribution in [3.8, 4) is 0 Å². The average Bonchev–Trinajstić information content (AvgIpc) is 2.89. The molecule has 226 valence electrons. The molecule has 0 saturated heterocycles. The van der Waals surface area contributed by atoms with E-state index in [0.717, 1.165) is 19.3 Å². The van der Waals surface area contributed by atoms with Crippen molar-refractivity contribution < 1.29 is 56.4 Å². The van der Waals surface area contributed by atoms with Crippen molar-refractivity contribution in [1.82, 2.24) is 0 Å². The Bertz CT molecular complexity index is 830. The molecule has 0 aromatic rings. The number of guanidine groups is 1. The second kappa shape index (κ2) is 17.3. The van der Waals surface area contributed by atoms with Crippen LogP contribution in [0.5, 0.6) is 0 Å². The second-order valence-electron chi connectivity index (χ2n) is 9.11. The summed E-state index contributed by atoms with van der Waals surface area (Å²) in [4.78, 5) is 41.6. The highest BCUT2D eigenvalue weighted by Gasteiger charge is 2.46. The number of carbonyl (C=O) groups is 3. The van der Waals surface area contributed by atoms with Gasteiger partial charge >= 0.3 is 32.0 Å². The van der Waals surface area contributed by atoms with Crippen LogP contribution in [-0.2, 0) is 42.2 Å². The number of carbonyl (C=O) groups excluding carboxylic acids is 3. The summed E-state index contributed by atoms with van der Waals surface area (Å²) in [5.41, 5.74) is 6.33. The number of hydroxylamine groups is 3. The molecule has 0 radical (unpaired) electrons. The number of nitrogens with two attached hydrogens (primary N) is 1. The minimum atomic E-state index is -4.69. The summed E-state index contributed by atoms with van der Waals surface area (Å²) in [5.74, 6) is -0.993. The molecule has 0 aromatic carbocycles. The monoisotopic (exact) mass is 582 g/mol. The number of hydrogen-bond acceptors (Lipinski definition) is 11. The fourth-order valence-corrected chi connectivity index (χ4v) is 5.30. The van der Waals surface area contributed by atoms with Crippen LogP contribution in [0.2, 0.25) is 0 Å². The van der Waals surface area contributed by atoms with Crippen molar-refractivity contribution in [2.45, 2.75) is 111 Å². The third-order valence-electron chi connectivity index (χ3n) is 5.74. The van der Waals surface area contributed by atoms with Crippen LogP contribution in [0.4, 0.5) is 9.59 Å². The van der Waals surface area contributed by atoms with Gasteiger partial charge in [-0.25, -0.2) is 28.0 Å². The number of rotatable bonds is 14. The lowest BCUT2D eigenvalue weighted by Crippen LogP contribution is -2.60. The number of ether oxygens (including phenoxy) is 4. The molecule has 0 amide bonds. The summed E-state index contributed by atoms with van der Waals surface area (Å²) in [6.45, 7) is 8.27. The normalized spacial score (nSPS) is 19.1. The van der Waals surface area contributed by atoms with Crippen LogP contribution in [0.3, 0.4) is 0 Å². The molecule has 1 aliphatic carbocycles.